The lowest BCUT2D eigenvalue weighted by Gasteiger charge is -2.33. The Labute approximate surface area is 261 Å². The SMILES string of the molecule is CCCC(C(=O)NC=O)N(C)Cc1c(C=O)cccc1NC(=O)COCCN(CCN1CCC(C)CC1)C(=O)OC(C)(C)C. The van der Waals surface area contributed by atoms with Crippen LogP contribution in [0.5, 0.6) is 0 Å². The zero-order valence-electron chi connectivity index (χ0n) is 27.2. The number of carbonyl (C=O) groups is 5. The molecule has 44 heavy (non-hydrogen) atoms. The quantitative estimate of drug-likeness (QED) is 0.199. The summed E-state index contributed by atoms with van der Waals surface area (Å²) in [7, 11) is 1.73. The maximum absolute atomic E-state index is 12.9. The average Bonchev–Trinajstić information content (AvgIpc) is 2.96. The van der Waals surface area contributed by atoms with Crippen molar-refractivity contribution in [2.75, 3.05) is 58.3 Å². The van der Waals surface area contributed by atoms with Crippen LogP contribution in [0.1, 0.15) is 76.2 Å². The van der Waals surface area contributed by atoms with Gasteiger partial charge in [-0.1, -0.05) is 32.4 Å². The normalized spacial score (nSPS) is 15.0. The second-order valence-corrected chi connectivity index (χ2v) is 12.4. The molecule has 0 spiro atoms. The molecule has 0 saturated carbocycles. The Hall–Kier alpha value is -3.35. The molecule has 0 bridgehead atoms. The highest BCUT2D eigenvalue weighted by atomic mass is 16.6. The van der Waals surface area contributed by atoms with Gasteiger partial charge in [0.2, 0.25) is 18.2 Å². The number of hydrogen-bond donors (Lipinski definition) is 2. The van der Waals surface area contributed by atoms with Crippen molar-refractivity contribution in [1.29, 1.82) is 0 Å². The highest BCUT2D eigenvalue weighted by Crippen LogP contribution is 2.23. The van der Waals surface area contributed by atoms with Crippen LogP contribution in [-0.2, 0) is 30.4 Å². The second kappa shape index (κ2) is 18.5. The molecule has 1 heterocycles. The van der Waals surface area contributed by atoms with Crippen LogP contribution in [0.3, 0.4) is 0 Å². The topological polar surface area (TPSA) is 138 Å². The summed E-state index contributed by atoms with van der Waals surface area (Å²) in [4.78, 5) is 66.6. The highest BCUT2D eigenvalue weighted by Gasteiger charge is 2.25. The van der Waals surface area contributed by atoms with Crippen LogP contribution in [0.4, 0.5) is 10.5 Å². The van der Waals surface area contributed by atoms with Gasteiger partial charge in [-0.25, -0.2) is 4.79 Å². The number of piperidine rings is 1. The number of amides is 4. The van der Waals surface area contributed by atoms with Crippen molar-refractivity contribution in [3.63, 3.8) is 0 Å². The fraction of sp³-hybridized carbons (Fsp3) is 0.656. The Morgan fingerprint density at radius 2 is 1.84 bits per heavy atom. The number of likely N-dealkylation sites (N-methyl/N-ethyl adjacent to an activating group) is 1. The number of ether oxygens (including phenoxy) is 2. The summed E-state index contributed by atoms with van der Waals surface area (Å²) in [5.41, 5.74) is 0.708. The third-order valence-corrected chi connectivity index (χ3v) is 7.57. The molecule has 246 valence electrons. The van der Waals surface area contributed by atoms with Crippen LogP contribution in [0.15, 0.2) is 18.2 Å². The van der Waals surface area contributed by atoms with Gasteiger partial charge in [0.15, 0.2) is 0 Å². The number of anilines is 1. The van der Waals surface area contributed by atoms with Gasteiger partial charge < -0.3 is 24.6 Å². The van der Waals surface area contributed by atoms with Crippen molar-refractivity contribution < 1.29 is 33.4 Å². The molecule has 0 radical (unpaired) electrons. The Morgan fingerprint density at radius 3 is 2.45 bits per heavy atom. The van der Waals surface area contributed by atoms with Gasteiger partial charge >= 0.3 is 6.09 Å². The number of rotatable bonds is 17. The predicted molar refractivity (Wildman–Crippen MR) is 168 cm³/mol. The lowest BCUT2D eigenvalue weighted by molar-refractivity contribution is -0.129. The summed E-state index contributed by atoms with van der Waals surface area (Å²) in [6.07, 6.45) is 4.14. The molecule has 0 aliphatic carbocycles. The molecule has 1 unspecified atom stereocenters. The molecule has 0 aromatic heterocycles. The summed E-state index contributed by atoms with van der Waals surface area (Å²) >= 11 is 0. The van der Waals surface area contributed by atoms with E-state index in [4.69, 9.17) is 9.47 Å². The number of benzene rings is 1. The molecule has 1 fully saturated rings. The summed E-state index contributed by atoms with van der Waals surface area (Å²) in [5, 5.41) is 5.01. The van der Waals surface area contributed by atoms with Crippen molar-refractivity contribution in [3.8, 4) is 0 Å². The van der Waals surface area contributed by atoms with Crippen LogP contribution in [0.2, 0.25) is 0 Å². The molecule has 12 nitrogen and oxygen atoms in total. The number of likely N-dealkylation sites (tertiary alicyclic amines) is 1. The molecule has 12 heteroatoms. The van der Waals surface area contributed by atoms with E-state index in [1.54, 1.807) is 35.0 Å². The molecule has 4 amide bonds. The van der Waals surface area contributed by atoms with E-state index in [2.05, 4.69) is 22.5 Å². The van der Waals surface area contributed by atoms with Crippen molar-refractivity contribution in [1.82, 2.24) is 20.0 Å². The fourth-order valence-corrected chi connectivity index (χ4v) is 5.04. The number of imide groups is 1. The summed E-state index contributed by atoms with van der Waals surface area (Å²) in [6, 6.07) is 4.38. The Morgan fingerprint density at radius 1 is 1.14 bits per heavy atom. The van der Waals surface area contributed by atoms with Gasteiger partial charge in [-0.05, 0) is 72.2 Å². The third kappa shape index (κ3) is 12.7. The van der Waals surface area contributed by atoms with Crippen molar-refractivity contribution in [2.24, 2.45) is 5.92 Å². The summed E-state index contributed by atoms with van der Waals surface area (Å²) in [5.74, 6) is -0.136. The zero-order chi connectivity index (χ0) is 32.7. The first-order chi connectivity index (χ1) is 20.9. The van der Waals surface area contributed by atoms with Crippen LogP contribution in [0, 0.1) is 5.92 Å². The Balaban J connectivity index is 1.99. The van der Waals surface area contributed by atoms with Gasteiger partial charge in [0.1, 0.15) is 18.5 Å². The molecular formula is C32H51N5O7. The third-order valence-electron chi connectivity index (χ3n) is 7.57. The number of hydrogen-bond acceptors (Lipinski definition) is 9. The predicted octanol–water partition coefficient (Wildman–Crippen LogP) is 3.30. The smallest absolute Gasteiger partial charge is 0.410 e. The molecule has 1 aromatic rings. The molecular weight excluding hydrogens is 566 g/mol. The van der Waals surface area contributed by atoms with Crippen LogP contribution in [-0.4, -0.2) is 110 Å². The minimum Gasteiger partial charge on any atom is -0.444 e. The Bertz CT molecular complexity index is 1100. The van der Waals surface area contributed by atoms with Crippen molar-refractivity contribution >= 4 is 36.3 Å². The van der Waals surface area contributed by atoms with Crippen LogP contribution >= 0.6 is 0 Å². The summed E-state index contributed by atoms with van der Waals surface area (Å²) in [6.45, 7) is 13.3. The largest absolute Gasteiger partial charge is 0.444 e. The van der Waals surface area contributed by atoms with E-state index in [1.807, 2.05) is 27.7 Å². The number of nitrogens with zero attached hydrogens (tertiary/aromatic N) is 3. The van der Waals surface area contributed by atoms with Gasteiger partial charge in [-0.3, -0.25) is 29.4 Å². The minimum atomic E-state index is -0.632. The molecule has 2 N–H and O–H groups in total. The zero-order valence-corrected chi connectivity index (χ0v) is 27.2. The minimum absolute atomic E-state index is 0.137. The number of nitrogens with one attached hydrogen (secondary N) is 2. The van der Waals surface area contributed by atoms with E-state index in [0.29, 0.717) is 48.9 Å². The standard InChI is InChI=1S/C32H51N5O7/c1-7-9-28(30(41)33-23-39)35(6)20-26-25(21-38)10-8-11-27(26)34-29(40)22-43-19-18-37(31(42)44-32(3,4)5)17-16-36-14-12-24(2)13-15-36/h8,10-11,21,23-24,28H,7,9,12-20,22H2,1-6H3,(H,34,40)(H,33,39,41). The molecule has 1 atom stereocenters. The monoisotopic (exact) mass is 617 g/mol. The molecule has 1 aliphatic heterocycles. The maximum atomic E-state index is 12.9. The van der Waals surface area contributed by atoms with E-state index in [9.17, 15) is 24.0 Å². The van der Waals surface area contributed by atoms with E-state index < -0.39 is 29.6 Å². The molecule has 1 aliphatic rings. The first-order valence-corrected chi connectivity index (χ1v) is 15.5. The van der Waals surface area contributed by atoms with Gasteiger partial charge in [-0.15, -0.1) is 0 Å². The fourth-order valence-electron chi connectivity index (χ4n) is 5.04. The molecule has 2 rings (SSSR count). The van der Waals surface area contributed by atoms with Gasteiger partial charge in [0.05, 0.1) is 12.6 Å². The number of carbonyl (C=O) groups excluding carboxylic acids is 5. The second-order valence-electron chi connectivity index (χ2n) is 12.4. The van der Waals surface area contributed by atoms with Gasteiger partial charge in [0, 0.05) is 43.0 Å². The lowest BCUT2D eigenvalue weighted by Crippen LogP contribution is -2.44. The van der Waals surface area contributed by atoms with E-state index in [-0.39, 0.29) is 26.3 Å². The molecule has 1 saturated heterocycles. The van der Waals surface area contributed by atoms with Crippen molar-refractivity contribution in [2.45, 2.75) is 78.5 Å². The van der Waals surface area contributed by atoms with Crippen LogP contribution < -0.4 is 10.6 Å². The maximum Gasteiger partial charge on any atom is 0.410 e. The van der Waals surface area contributed by atoms with E-state index in [0.717, 1.165) is 38.4 Å². The van der Waals surface area contributed by atoms with Gasteiger partial charge in [-0.2, -0.15) is 0 Å². The van der Waals surface area contributed by atoms with E-state index in [1.165, 1.54) is 0 Å². The van der Waals surface area contributed by atoms with Gasteiger partial charge in [0.25, 0.3) is 0 Å². The number of aldehydes is 1. The van der Waals surface area contributed by atoms with E-state index >= 15 is 0 Å². The average molecular weight is 618 g/mol. The van der Waals surface area contributed by atoms with Crippen molar-refractivity contribution in [3.05, 3.63) is 29.3 Å². The Kier molecular flexibility index (Phi) is 15.5. The lowest BCUT2D eigenvalue weighted by atomic mass is 9.99. The summed E-state index contributed by atoms with van der Waals surface area (Å²) < 4.78 is 11.2. The first kappa shape index (κ1) is 36.8. The van der Waals surface area contributed by atoms with Crippen LogP contribution in [0.25, 0.3) is 0 Å². The molecule has 1 aromatic carbocycles. The first-order valence-electron chi connectivity index (χ1n) is 15.5. The highest BCUT2D eigenvalue weighted by molar-refractivity contribution is 5.94.